The van der Waals surface area contributed by atoms with E-state index in [1.807, 2.05) is 77.5 Å². The summed E-state index contributed by atoms with van der Waals surface area (Å²) in [6.07, 6.45) is 0.0375. The maximum Gasteiger partial charge on any atom is 0.312 e. The molecule has 1 amide bonds. The van der Waals surface area contributed by atoms with Gasteiger partial charge in [0, 0.05) is 16.6 Å². The lowest BCUT2D eigenvalue weighted by Gasteiger charge is -2.11. The van der Waals surface area contributed by atoms with Crippen molar-refractivity contribution in [3.05, 3.63) is 83.2 Å². The lowest BCUT2D eigenvalue weighted by molar-refractivity contribution is -0.146. The van der Waals surface area contributed by atoms with Crippen LogP contribution in [0.1, 0.15) is 5.69 Å². The van der Waals surface area contributed by atoms with Gasteiger partial charge >= 0.3 is 5.97 Å². The molecule has 0 aliphatic heterocycles. The number of rotatable bonds is 7. The molecule has 4 rings (SSSR count). The second-order valence-corrected chi connectivity index (χ2v) is 8.22. The summed E-state index contributed by atoms with van der Waals surface area (Å²) < 4.78 is 5.14. The number of nitrogens with one attached hydrogen (secondary N) is 1. The average molecular weight is 435 g/mol. The summed E-state index contributed by atoms with van der Waals surface area (Å²) in [5.41, 5.74) is 3.21. The van der Waals surface area contributed by atoms with Crippen LogP contribution in [-0.4, -0.2) is 23.5 Å². The number of thiophene rings is 1. The fourth-order valence-electron chi connectivity index (χ4n) is 2.89. The van der Waals surface area contributed by atoms with Gasteiger partial charge in [0.05, 0.1) is 17.0 Å². The molecule has 2 aromatic carbocycles. The van der Waals surface area contributed by atoms with Crippen molar-refractivity contribution >= 4 is 40.2 Å². The van der Waals surface area contributed by atoms with Gasteiger partial charge in [-0.15, -0.1) is 22.7 Å². The highest BCUT2D eigenvalue weighted by Gasteiger charge is 2.13. The summed E-state index contributed by atoms with van der Waals surface area (Å²) in [6.45, 7) is -0.343. The lowest BCUT2D eigenvalue weighted by atomic mass is 10.0. The van der Waals surface area contributed by atoms with Crippen LogP contribution in [0.2, 0.25) is 0 Å². The Balaban J connectivity index is 1.32. The van der Waals surface area contributed by atoms with Crippen molar-refractivity contribution in [3.8, 4) is 21.0 Å². The van der Waals surface area contributed by atoms with Crippen LogP contribution in [0.3, 0.4) is 0 Å². The molecule has 2 aromatic heterocycles. The fraction of sp³-hybridized carbons (Fsp3) is 0.0870. The van der Waals surface area contributed by atoms with Crippen LogP contribution in [0.15, 0.2) is 77.5 Å². The Bertz CT molecular complexity index is 1140. The third kappa shape index (κ3) is 5.00. The van der Waals surface area contributed by atoms with Crippen molar-refractivity contribution in [2.75, 3.05) is 11.9 Å². The number of carbonyl (C=O) groups excluding carboxylic acids is 2. The van der Waals surface area contributed by atoms with Crippen LogP contribution in [0, 0.1) is 0 Å². The Morgan fingerprint density at radius 3 is 2.53 bits per heavy atom. The molecule has 30 heavy (non-hydrogen) atoms. The summed E-state index contributed by atoms with van der Waals surface area (Å²) in [6, 6.07) is 21.2. The highest BCUT2D eigenvalue weighted by molar-refractivity contribution is 7.20. The zero-order valence-corrected chi connectivity index (χ0v) is 17.5. The van der Waals surface area contributed by atoms with Gasteiger partial charge in [-0.1, -0.05) is 54.6 Å². The summed E-state index contributed by atoms with van der Waals surface area (Å²) in [4.78, 5) is 30.0. The highest BCUT2D eigenvalue weighted by atomic mass is 32.1. The monoisotopic (exact) mass is 434 g/mol. The molecule has 0 radical (unpaired) electrons. The molecule has 150 valence electrons. The van der Waals surface area contributed by atoms with Gasteiger partial charge in [0.25, 0.3) is 5.91 Å². The number of amides is 1. The quantitative estimate of drug-likeness (QED) is 0.403. The van der Waals surface area contributed by atoms with Crippen LogP contribution in [0.4, 0.5) is 5.69 Å². The minimum absolute atomic E-state index is 0.0375. The van der Waals surface area contributed by atoms with E-state index in [0.717, 1.165) is 21.0 Å². The highest BCUT2D eigenvalue weighted by Crippen LogP contribution is 2.28. The summed E-state index contributed by atoms with van der Waals surface area (Å²) in [5.74, 6) is -0.867. The fourth-order valence-corrected chi connectivity index (χ4v) is 4.53. The smallest absolute Gasteiger partial charge is 0.312 e. The number of hydrogen-bond acceptors (Lipinski definition) is 6. The number of anilines is 1. The van der Waals surface area contributed by atoms with Crippen molar-refractivity contribution in [2.45, 2.75) is 6.42 Å². The molecule has 0 saturated heterocycles. The largest absolute Gasteiger partial charge is 0.455 e. The predicted molar refractivity (Wildman–Crippen MR) is 121 cm³/mol. The number of carbonyl (C=O) groups is 2. The molecule has 0 aliphatic carbocycles. The van der Waals surface area contributed by atoms with E-state index >= 15 is 0 Å². The number of nitrogens with zero attached hydrogens (tertiary/aromatic N) is 1. The predicted octanol–water partition coefficient (Wildman–Crippen LogP) is 5.26. The van der Waals surface area contributed by atoms with Gasteiger partial charge < -0.3 is 10.1 Å². The topological polar surface area (TPSA) is 68.3 Å². The van der Waals surface area contributed by atoms with E-state index in [9.17, 15) is 9.59 Å². The van der Waals surface area contributed by atoms with Gasteiger partial charge in [-0.3, -0.25) is 9.59 Å². The molecular formula is C23H18N2O3S2. The molecule has 1 N–H and O–H groups in total. The maximum absolute atomic E-state index is 12.3. The minimum atomic E-state index is -0.482. The van der Waals surface area contributed by atoms with Crippen molar-refractivity contribution in [3.63, 3.8) is 0 Å². The molecule has 0 unspecified atom stereocenters. The molecule has 0 saturated carbocycles. The normalized spacial score (nSPS) is 10.5. The molecule has 0 spiro atoms. The van der Waals surface area contributed by atoms with E-state index in [0.29, 0.717) is 11.4 Å². The molecule has 4 aromatic rings. The van der Waals surface area contributed by atoms with Gasteiger partial charge in [-0.05, 0) is 23.1 Å². The Morgan fingerprint density at radius 1 is 0.933 bits per heavy atom. The second kappa shape index (κ2) is 9.47. The SMILES string of the molecule is O=C(COC(=O)Cc1csc(-c2cccs2)n1)Nc1ccccc1-c1ccccc1. The number of esters is 1. The number of benzene rings is 2. The summed E-state index contributed by atoms with van der Waals surface area (Å²) in [5, 5.41) is 7.53. The average Bonchev–Trinajstić information content (AvgIpc) is 3.45. The molecule has 0 aliphatic rings. The van der Waals surface area contributed by atoms with E-state index in [4.69, 9.17) is 4.74 Å². The Labute approximate surface area is 182 Å². The molecule has 0 bridgehead atoms. The number of ether oxygens (including phenoxy) is 1. The van der Waals surface area contributed by atoms with Gasteiger partial charge in [0.1, 0.15) is 5.01 Å². The Hall–Kier alpha value is -3.29. The van der Waals surface area contributed by atoms with E-state index in [1.165, 1.54) is 11.3 Å². The first kappa shape index (κ1) is 20.0. The first-order chi connectivity index (χ1) is 14.7. The summed E-state index contributed by atoms with van der Waals surface area (Å²) >= 11 is 3.09. The van der Waals surface area contributed by atoms with E-state index in [-0.39, 0.29) is 18.9 Å². The van der Waals surface area contributed by atoms with Crippen molar-refractivity contribution in [2.24, 2.45) is 0 Å². The van der Waals surface area contributed by atoms with Crippen LogP contribution in [0.5, 0.6) is 0 Å². The first-order valence-electron chi connectivity index (χ1n) is 9.27. The van der Waals surface area contributed by atoms with E-state index < -0.39 is 5.97 Å². The maximum atomic E-state index is 12.3. The van der Waals surface area contributed by atoms with Gasteiger partial charge in [-0.2, -0.15) is 0 Å². The van der Waals surface area contributed by atoms with Crippen molar-refractivity contribution < 1.29 is 14.3 Å². The molecule has 0 fully saturated rings. The van der Waals surface area contributed by atoms with Crippen LogP contribution >= 0.6 is 22.7 Å². The first-order valence-corrected chi connectivity index (χ1v) is 11.0. The van der Waals surface area contributed by atoms with Crippen LogP contribution in [-0.2, 0) is 20.7 Å². The number of hydrogen-bond donors (Lipinski definition) is 1. The molecule has 7 heteroatoms. The third-order valence-corrected chi connectivity index (χ3v) is 6.19. The zero-order valence-electron chi connectivity index (χ0n) is 15.9. The van der Waals surface area contributed by atoms with Gasteiger partial charge in [0.15, 0.2) is 6.61 Å². The minimum Gasteiger partial charge on any atom is -0.455 e. The van der Waals surface area contributed by atoms with Crippen LogP contribution < -0.4 is 5.32 Å². The molecule has 5 nitrogen and oxygen atoms in total. The Kier molecular flexibility index (Phi) is 6.32. The number of para-hydroxylation sites is 1. The molecular weight excluding hydrogens is 416 g/mol. The van der Waals surface area contributed by atoms with Gasteiger partial charge in [0.2, 0.25) is 0 Å². The third-order valence-electron chi connectivity index (χ3n) is 4.26. The van der Waals surface area contributed by atoms with Crippen LogP contribution in [0.25, 0.3) is 21.0 Å². The van der Waals surface area contributed by atoms with Crippen molar-refractivity contribution in [1.29, 1.82) is 0 Å². The van der Waals surface area contributed by atoms with Crippen molar-refractivity contribution in [1.82, 2.24) is 4.98 Å². The summed E-state index contributed by atoms with van der Waals surface area (Å²) in [7, 11) is 0. The Morgan fingerprint density at radius 2 is 1.73 bits per heavy atom. The number of thiazole rings is 1. The van der Waals surface area contributed by atoms with E-state index in [1.54, 1.807) is 11.3 Å². The van der Waals surface area contributed by atoms with Gasteiger partial charge in [-0.25, -0.2) is 4.98 Å². The standard InChI is InChI=1S/C23H18N2O3S2/c26-21(25-19-10-5-4-9-18(19)16-7-2-1-3-8-16)14-28-22(27)13-17-15-30-23(24-17)20-11-6-12-29-20/h1-12,15H,13-14H2,(H,25,26). The van der Waals surface area contributed by atoms with E-state index in [2.05, 4.69) is 10.3 Å². The lowest BCUT2D eigenvalue weighted by Crippen LogP contribution is -2.22. The second-order valence-electron chi connectivity index (χ2n) is 6.42. The number of aromatic nitrogens is 1. The zero-order chi connectivity index (χ0) is 20.8. The molecule has 0 atom stereocenters. The molecule has 2 heterocycles.